The summed E-state index contributed by atoms with van der Waals surface area (Å²) in [6, 6.07) is 12.5. The summed E-state index contributed by atoms with van der Waals surface area (Å²) < 4.78 is 0. The standard InChI is InChI=1S/C16H18ClN/c17-15(12-5-1-2-6-12)11-14-10-9-13-7-3-4-8-16(13)18-14/h3-4,7-10,12,15H,1-2,5-6,11H2. The van der Waals surface area contributed by atoms with Gasteiger partial charge in [-0.05, 0) is 30.9 Å². The number of pyridine rings is 1. The number of rotatable bonds is 3. The Kier molecular flexibility index (Phi) is 3.51. The minimum absolute atomic E-state index is 0.251. The second-order valence-electron chi connectivity index (χ2n) is 5.26. The molecule has 3 rings (SSSR count). The topological polar surface area (TPSA) is 12.9 Å². The minimum Gasteiger partial charge on any atom is -0.253 e. The fourth-order valence-electron chi connectivity index (χ4n) is 2.91. The van der Waals surface area contributed by atoms with Gasteiger partial charge in [0.1, 0.15) is 0 Å². The lowest BCUT2D eigenvalue weighted by Gasteiger charge is -2.16. The lowest BCUT2D eigenvalue weighted by atomic mass is 9.99. The molecule has 0 N–H and O–H groups in total. The van der Waals surface area contributed by atoms with Gasteiger partial charge in [0.15, 0.2) is 0 Å². The summed E-state index contributed by atoms with van der Waals surface area (Å²) in [7, 11) is 0. The van der Waals surface area contributed by atoms with E-state index in [1.54, 1.807) is 0 Å². The van der Waals surface area contributed by atoms with E-state index in [1.165, 1.54) is 31.1 Å². The lowest BCUT2D eigenvalue weighted by molar-refractivity contribution is 0.509. The SMILES string of the molecule is ClC(Cc1ccc2ccccc2n1)C1CCCC1. The number of hydrogen-bond donors (Lipinski definition) is 0. The number of fused-ring (bicyclic) bond motifs is 1. The maximum absolute atomic E-state index is 6.53. The fraction of sp³-hybridized carbons (Fsp3) is 0.438. The van der Waals surface area contributed by atoms with Crippen molar-refractivity contribution in [3.8, 4) is 0 Å². The van der Waals surface area contributed by atoms with E-state index in [2.05, 4.69) is 24.3 Å². The van der Waals surface area contributed by atoms with Crippen molar-refractivity contribution in [1.82, 2.24) is 4.98 Å². The molecule has 0 bridgehead atoms. The van der Waals surface area contributed by atoms with Gasteiger partial charge in [-0.25, -0.2) is 0 Å². The number of aromatic nitrogens is 1. The molecule has 1 aliphatic rings. The summed E-state index contributed by atoms with van der Waals surface area (Å²) in [5, 5.41) is 1.45. The van der Waals surface area contributed by atoms with Crippen molar-refractivity contribution >= 4 is 22.5 Å². The van der Waals surface area contributed by atoms with Crippen molar-refractivity contribution < 1.29 is 0 Å². The first-order valence-electron chi connectivity index (χ1n) is 6.82. The van der Waals surface area contributed by atoms with Gasteiger partial charge in [-0.15, -0.1) is 11.6 Å². The van der Waals surface area contributed by atoms with E-state index in [1.807, 2.05) is 12.1 Å². The zero-order chi connectivity index (χ0) is 12.4. The molecule has 1 heterocycles. The number of alkyl halides is 1. The van der Waals surface area contributed by atoms with Gasteiger partial charge in [0, 0.05) is 22.9 Å². The highest BCUT2D eigenvalue weighted by Crippen LogP contribution is 2.32. The van der Waals surface area contributed by atoms with Gasteiger partial charge >= 0.3 is 0 Å². The third-order valence-electron chi connectivity index (χ3n) is 3.97. The molecule has 0 spiro atoms. The first-order valence-corrected chi connectivity index (χ1v) is 7.25. The van der Waals surface area contributed by atoms with Crippen LogP contribution in [0.2, 0.25) is 0 Å². The molecule has 2 heteroatoms. The summed E-state index contributed by atoms with van der Waals surface area (Å²) in [6.07, 6.45) is 6.18. The maximum atomic E-state index is 6.53. The van der Waals surface area contributed by atoms with Crippen molar-refractivity contribution in [1.29, 1.82) is 0 Å². The van der Waals surface area contributed by atoms with Gasteiger partial charge in [-0.1, -0.05) is 37.1 Å². The van der Waals surface area contributed by atoms with Crippen molar-refractivity contribution in [2.24, 2.45) is 5.92 Å². The van der Waals surface area contributed by atoms with Crippen LogP contribution in [-0.4, -0.2) is 10.4 Å². The molecule has 0 aliphatic heterocycles. The summed E-state index contributed by atoms with van der Waals surface area (Å²) in [5.41, 5.74) is 2.20. The second kappa shape index (κ2) is 5.27. The van der Waals surface area contributed by atoms with Crippen molar-refractivity contribution in [3.63, 3.8) is 0 Å². The van der Waals surface area contributed by atoms with Crippen LogP contribution >= 0.6 is 11.6 Å². The molecule has 0 amide bonds. The fourth-order valence-corrected chi connectivity index (χ4v) is 3.32. The largest absolute Gasteiger partial charge is 0.253 e. The number of benzene rings is 1. The molecule has 1 saturated carbocycles. The summed E-state index contributed by atoms with van der Waals surface area (Å²) in [6.45, 7) is 0. The third kappa shape index (κ3) is 2.51. The number of halogens is 1. The summed E-state index contributed by atoms with van der Waals surface area (Å²) in [5.74, 6) is 0.694. The summed E-state index contributed by atoms with van der Waals surface area (Å²) >= 11 is 6.53. The summed E-state index contributed by atoms with van der Waals surface area (Å²) in [4.78, 5) is 4.70. The number of nitrogens with zero attached hydrogens (tertiary/aromatic N) is 1. The quantitative estimate of drug-likeness (QED) is 0.736. The number of hydrogen-bond acceptors (Lipinski definition) is 1. The van der Waals surface area contributed by atoms with E-state index in [9.17, 15) is 0 Å². The zero-order valence-electron chi connectivity index (χ0n) is 10.5. The van der Waals surface area contributed by atoms with Crippen LogP contribution in [0, 0.1) is 5.92 Å². The highest BCUT2D eigenvalue weighted by molar-refractivity contribution is 6.20. The molecule has 0 radical (unpaired) electrons. The highest BCUT2D eigenvalue weighted by atomic mass is 35.5. The first-order chi connectivity index (χ1) is 8.83. The molecular weight excluding hydrogens is 242 g/mol. The van der Waals surface area contributed by atoms with E-state index in [4.69, 9.17) is 16.6 Å². The molecule has 1 aliphatic carbocycles. The molecule has 1 aromatic heterocycles. The molecule has 1 fully saturated rings. The van der Waals surface area contributed by atoms with Gasteiger partial charge in [0.2, 0.25) is 0 Å². The van der Waals surface area contributed by atoms with Crippen LogP contribution in [0.25, 0.3) is 10.9 Å². The van der Waals surface area contributed by atoms with E-state index in [0.717, 1.165) is 17.6 Å². The molecular formula is C16H18ClN. The Balaban J connectivity index is 1.77. The highest BCUT2D eigenvalue weighted by Gasteiger charge is 2.23. The molecule has 18 heavy (non-hydrogen) atoms. The predicted octanol–water partition coefficient (Wildman–Crippen LogP) is 4.57. The lowest BCUT2D eigenvalue weighted by Crippen LogP contribution is -2.15. The Morgan fingerprint density at radius 1 is 1.11 bits per heavy atom. The van der Waals surface area contributed by atoms with Gasteiger partial charge in [-0.3, -0.25) is 4.98 Å². The van der Waals surface area contributed by atoms with Gasteiger partial charge in [-0.2, -0.15) is 0 Å². The van der Waals surface area contributed by atoms with Crippen LogP contribution in [0.3, 0.4) is 0 Å². The second-order valence-corrected chi connectivity index (χ2v) is 5.82. The zero-order valence-corrected chi connectivity index (χ0v) is 11.2. The van der Waals surface area contributed by atoms with Crippen LogP contribution in [0.5, 0.6) is 0 Å². The Labute approximate surface area is 113 Å². The average molecular weight is 260 g/mol. The van der Waals surface area contributed by atoms with E-state index in [-0.39, 0.29) is 5.38 Å². The Morgan fingerprint density at radius 2 is 1.89 bits per heavy atom. The molecule has 1 aromatic carbocycles. The van der Waals surface area contributed by atoms with Crippen LogP contribution in [0.1, 0.15) is 31.4 Å². The molecule has 1 unspecified atom stereocenters. The van der Waals surface area contributed by atoms with Crippen LogP contribution in [-0.2, 0) is 6.42 Å². The minimum atomic E-state index is 0.251. The molecule has 2 aromatic rings. The Hall–Kier alpha value is -1.08. The average Bonchev–Trinajstić information content (AvgIpc) is 2.92. The first kappa shape index (κ1) is 12.0. The van der Waals surface area contributed by atoms with E-state index >= 15 is 0 Å². The smallest absolute Gasteiger partial charge is 0.0705 e. The van der Waals surface area contributed by atoms with Crippen LogP contribution < -0.4 is 0 Å². The van der Waals surface area contributed by atoms with Gasteiger partial charge in [0.05, 0.1) is 5.52 Å². The van der Waals surface area contributed by atoms with Gasteiger partial charge in [0.25, 0.3) is 0 Å². The predicted molar refractivity (Wildman–Crippen MR) is 77.0 cm³/mol. The van der Waals surface area contributed by atoms with Crippen LogP contribution in [0.4, 0.5) is 0 Å². The third-order valence-corrected chi connectivity index (χ3v) is 4.48. The maximum Gasteiger partial charge on any atom is 0.0705 e. The van der Waals surface area contributed by atoms with Gasteiger partial charge < -0.3 is 0 Å². The number of para-hydroxylation sites is 1. The van der Waals surface area contributed by atoms with Crippen molar-refractivity contribution in [2.75, 3.05) is 0 Å². The Morgan fingerprint density at radius 3 is 2.72 bits per heavy atom. The van der Waals surface area contributed by atoms with Crippen molar-refractivity contribution in [2.45, 2.75) is 37.5 Å². The van der Waals surface area contributed by atoms with Crippen LogP contribution in [0.15, 0.2) is 36.4 Å². The van der Waals surface area contributed by atoms with E-state index < -0.39 is 0 Å². The molecule has 0 saturated heterocycles. The molecule has 1 atom stereocenters. The van der Waals surface area contributed by atoms with Crippen molar-refractivity contribution in [3.05, 3.63) is 42.1 Å². The molecule has 94 valence electrons. The van der Waals surface area contributed by atoms with E-state index in [0.29, 0.717) is 5.92 Å². The Bertz CT molecular complexity index is 531. The monoisotopic (exact) mass is 259 g/mol. The normalized spacial score (nSPS) is 18.3. The molecule has 1 nitrogen and oxygen atoms in total.